The molecule has 0 unspecified atom stereocenters. The van der Waals surface area contributed by atoms with Gasteiger partial charge in [0.15, 0.2) is 3.95 Å². The summed E-state index contributed by atoms with van der Waals surface area (Å²) in [6.07, 6.45) is 0. The fraction of sp³-hybridized carbons (Fsp3) is 0.111. The van der Waals surface area contributed by atoms with Gasteiger partial charge in [0.05, 0.1) is 0 Å². The second kappa shape index (κ2) is 6.59. The third kappa shape index (κ3) is 3.25. The Kier molecular flexibility index (Phi) is 4.51. The first-order valence-corrected chi connectivity index (χ1v) is 8.64. The molecule has 3 aromatic rings. The molecule has 0 aliphatic heterocycles. The number of hydrogen-bond acceptors (Lipinski definition) is 4. The fourth-order valence-corrected chi connectivity index (χ4v) is 3.66. The summed E-state index contributed by atoms with van der Waals surface area (Å²) in [5, 5.41) is 2.87. The van der Waals surface area contributed by atoms with Crippen molar-refractivity contribution in [3.63, 3.8) is 0 Å². The van der Waals surface area contributed by atoms with Gasteiger partial charge < -0.3 is 11.1 Å². The number of amides is 1. The largest absolute Gasteiger partial charge is 0.383 e. The third-order valence-electron chi connectivity index (χ3n) is 3.62. The Morgan fingerprint density at radius 3 is 2.50 bits per heavy atom. The SMILES string of the molecule is Cc1ccc(-n2c(N)c(C(=O)Nc3cccc(C)c3)sc2=S)cc1. The van der Waals surface area contributed by atoms with Crippen LogP contribution in [0.25, 0.3) is 5.69 Å². The number of nitrogen functional groups attached to an aromatic ring is 1. The van der Waals surface area contributed by atoms with Crippen molar-refractivity contribution < 1.29 is 4.79 Å². The van der Waals surface area contributed by atoms with Crippen molar-refractivity contribution in [2.24, 2.45) is 0 Å². The van der Waals surface area contributed by atoms with Crippen LogP contribution in [0.15, 0.2) is 48.5 Å². The Hall–Kier alpha value is -2.44. The summed E-state index contributed by atoms with van der Waals surface area (Å²) >= 11 is 6.61. The summed E-state index contributed by atoms with van der Waals surface area (Å²) < 4.78 is 2.27. The minimum atomic E-state index is -0.250. The molecule has 0 aliphatic rings. The van der Waals surface area contributed by atoms with Crippen molar-refractivity contribution in [3.8, 4) is 5.69 Å². The molecule has 0 aliphatic carbocycles. The predicted molar refractivity (Wildman–Crippen MR) is 103 cm³/mol. The van der Waals surface area contributed by atoms with Crippen molar-refractivity contribution in [2.45, 2.75) is 13.8 Å². The second-order valence-electron chi connectivity index (χ2n) is 5.58. The molecule has 0 fully saturated rings. The van der Waals surface area contributed by atoms with Crippen LogP contribution in [0.1, 0.15) is 20.8 Å². The highest BCUT2D eigenvalue weighted by molar-refractivity contribution is 7.73. The van der Waals surface area contributed by atoms with Crippen molar-refractivity contribution in [2.75, 3.05) is 11.1 Å². The highest BCUT2D eigenvalue weighted by Crippen LogP contribution is 2.27. The minimum Gasteiger partial charge on any atom is -0.383 e. The van der Waals surface area contributed by atoms with Gasteiger partial charge in [-0.3, -0.25) is 9.36 Å². The van der Waals surface area contributed by atoms with Gasteiger partial charge in [0.2, 0.25) is 0 Å². The van der Waals surface area contributed by atoms with E-state index in [-0.39, 0.29) is 5.91 Å². The van der Waals surface area contributed by atoms with Crippen LogP contribution in [0.2, 0.25) is 0 Å². The van der Waals surface area contributed by atoms with Gasteiger partial charge in [-0.15, -0.1) is 0 Å². The highest BCUT2D eigenvalue weighted by Gasteiger charge is 2.18. The van der Waals surface area contributed by atoms with E-state index in [1.807, 2.05) is 62.4 Å². The molecule has 3 rings (SSSR count). The summed E-state index contributed by atoms with van der Waals surface area (Å²) in [6, 6.07) is 15.5. The van der Waals surface area contributed by atoms with Gasteiger partial charge >= 0.3 is 0 Å². The van der Waals surface area contributed by atoms with Gasteiger partial charge in [-0.25, -0.2) is 0 Å². The topological polar surface area (TPSA) is 60.0 Å². The van der Waals surface area contributed by atoms with Crippen LogP contribution in [-0.4, -0.2) is 10.5 Å². The smallest absolute Gasteiger partial charge is 0.269 e. The molecule has 1 heterocycles. The average Bonchev–Trinajstić information content (AvgIpc) is 2.83. The Labute approximate surface area is 149 Å². The number of nitrogens with zero attached hydrogens (tertiary/aromatic N) is 1. The van der Waals surface area contributed by atoms with E-state index < -0.39 is 0 Å². The van der Waals surface area contributed by atoms with E-state index in [9.17, 15) is 4.79 Å². The van der Waals surface area contributed by atoms with Crippen LogP contribution >= 0.6 is 23.6 Å². The predicted octanol–water partition coefficient (Wildman–Crippen LogP) is 4.72. The highest BCUT2D eigenvalue weighted by atomic mass is 32.1. The van der Waals surface area contributed by atoms with Crippen molar-refractivity contribution >= 4 is 41.0 Å². The van der Waals surface area contributed by atoms with E-state index in [0.29, 0.717) is 14.6 Å². The van der Waals surface area contributed by atoms with Crippen molar-refractivity contribution in [1.29, 1.82) is 0 Å². The van der Waals surface area contributed by atoms with Gasteiger partial charge in [0, 0.05) is 11.4 Å². The second-order valence-corrected chi connectivity index (χ2v) is 7.22. The molecule has 24 heavy (non-hydrogen) atoms. The quantitative estimate of drug-likeness (QED) is 0.668. The van der Waals surface area contributed by atoms with Gasteiger partial charge in [-0.2, -0.15) is 0 Å². The average molecular weight is 355 g/mol. The summed E-state index contributed by atoms with van der Waals surface area (Å²) in [4.78, 5) is 13.0. The maximum absolute atomic E-state index is 12.6. The van der Waals surface area contributed by atoms with Gasteiger partial charge in [-0.1, -0.05) is 41.2 Å². The molecular formula is C18H17N3OS2. The molecule has 0 saturated heterocycles. The Morgan fingerprint density at radius 1 is 1.12 bits per heavy atom. The fourth-order valence-electron chi connectivity index (χ4n) is 2.40. The van der Waals surface area contributed by atoms with E-state index in [4.69, 9.17) is 18.0 Å². The third-order valence-corrected chi connectivity index (χ3v) is 5.01. The number of benzene rings is 2. The number of carbonyl (C=O) groups excluding carboxylic acids is 1. The molecule has 0 spiro atoms. The number of rotatable bonds is 3. The summed E-state index contributed by atoms with van der Waals surface area (Å²) in [7, 11) is 0. The normalized spacial score (nSPS) is 10.6. The monoisotopic (exact) mass is 355 g/mol. The molecule has 3 N–H and O–H groups in total. The van der Waals surface area contributed by atoms with Crippen LogP contribution in [0.3, 0.4) is 0 Å². The zero-order valence-corrected chi connectivity index (χ0v) is 15.0. The zero-order valence-electron chi connectivity index (χ0n) is 13.4. The zero-order chi connectivity index (χ0) is 17.3. The first-order valence-electron chi connectivity index (χ1n) is 7.42. The van der Waals surface area contributed by atoms with Crippen molar-refractivity contribution in [1.82, 2.24) is 4.57 Å². The number of carbonyl (C=O) groups is 1. The molecule has 4 nitrogen and oxygen atoms in total. The first kappa shape index (κ1) is 16.4. The molecule has 122 valence electrons. The summed E-state index contributed by atoms with van der Waals surface area (Å²) in [5.74, 6) is 0.110. The van der Waals surface area contributed by atoms with Crippen molar-refractivity contribution in [3.05, 3.63) is 68.5 Å². The van der Waals surface area contributed by atoms with E-state index in [2.05, 4.69) is 5.32 Å². The maximum Gasteiger partial charge on any atom is 0.269 e. The van der Waals surface area contributed by atoms with E-state index >= 15 is 0 Å². The Balaban J connectivity index is 1.95. The molecule has 0 radical (unpaired) electrons. The van der Waals surface area contributed by atoms with E-state index in [1.165, 1.54) is 11.3 Å². The lowest BCUT2D eigenvalue weighted by Gasteiger charge is -2.08. The van der Waals surface area contributed by atoms with E-state index in [1.54, 1.807) is 4.57 Å². The molecular weight excluding hydrogens is 338 g/mol. The number of anilines is 2. The lowest BCUT2D eigenvalue weighted by atomic mass is 10.2. The number of thiazole rings is 1. The summed E-state index contributed by atoms with van der Waals surface area (Å²) in [5.41, 5.74) is 10.0. The number of hydrogen-bond donors (Lipinski definition) is 2. The van der Waals surface area contributed by atoms with Gasteiger partial charge in [-0.05, 0) is 55.9 Å². The van der Waals surface area contributed by atoms with Crippen LogP contribution in [0.4, 0.5) is 11.5 Å². The van der Waals surface area contributed by atoms with E-state index in [0.717, 1.165) is 22.5 Å². The molecule has 0 saturated carbocycles. The number of nitrogens with two attached hydrogens (primary N) is 1. The lowest BCUT2D eigenvalue weighted by Crippen LogP contribution is -2.13. The first-order chi connectivity index (χ1) is 11.5. The molecule has 1 amide bonds. The van der Waals surface area contributed by atoms with Gasteiger partial charge in [0.1, 0.15) is 10.7 Å². The van der Waals surface area contributed by atoms with Crippen LogP contribution in [0, 0.1) is 17.8 Å². The molecule has 2 aromatic carbocycles. The maximum atomic E-state index is 12.6. The summed E-state index contributed by atoms with van der Waals surface area (Å²) in [6.45, 7) is 3.99. The lowest BCUT2D eigenvalue weighted by molar-refractivity contribution is 0.103. The standard InChI is InChI=1S/C18H17N3OS2/c1-11-6-8-14(9-7-11)21-16(19)15(24-18(21)23)17(22)20-13-5-3-4-12(2)10-13/h3-10H,19H2,1-2H3,(H,20,22). The molecule has 0 bridgehead atoms. The van der Waals surface area contributed by atoms with Crippen LogP contribution in [-0.2, 0) is 0 Å². The number of aryl methyl sites for hydroxylation is 2. The number of nitrogens with one attached hydrogen (secondary N) is 1. The molecule has 0 atom stereocenters. The molecule has 1 aromatic heterocycles. The minimum absolute atomic E-state index is 0.250. The Bertz CT molecular complexity index is 955. The van der Waals surface area contributed by atoms with Crippen LogP contribution in [0.5, 0.6) is 0 Å². The van der Waals surface area contributed by atoms with Crippen LogP contribution < -0.4 is 11.1 Å². The number of aromatic nitrogens is 1. The van der Waals surface area contributed by atoms with Gasteiger partial charge in [0.25, 0.3) is 5.91 Å². The molecule has 6 heteroatoms. The Morgan fingerprint density at radius 2 is 1.83 bits per heavy atom.